The van der Waals surface area contributed by atoms with Crippen LogP contribution in [0.25, 0.3) is 0 Å². The van der Waals surface area contributed by atoms with Gasteiger partial charge in [-0.3, -0.25) is 14.4 Å². The number of ketones is 2. The highest BCUT2D eigenvalue weighted by Crippen LogP contribution is 2.20. The van der Waals surface area contributed by atoms with Crippen LogP contribution in [0.2, 0.25) is 0 Å². The van der Waals surface area contributed by atoms with Crippen molar-refractivity contribution in [2.45, 2.75) is 56.9 Å². The highest BCUT2D eigenvalue weighted by Gasteiger charge is 2.33. The zero-order chi connectivity index (χ0) is 24.7. The Labute approximate surface area is 199 Å². The van der Waals surface area contributed by atoms with Crippen LogP contribution in [0.3, 0.4) is 0 Å². The zero-order valence-electron chi connectivity index (χ0n) is 19.4. The van der Waals surface area contributed by atoms with Crippen LogP contribution < -0.4 is 10.0 Å². The molecule has 3 rings (SSSR count). The van der Waals surface area contributed by atoms with Gasteiger partial charge in [-0.25, -0.2) is 23.1 Å². The molecule has 0 radical (unpaired) electrons. The highest BCUT2D eigenvalue weighted by molar-refractivity contribution is 7.89. The normalized spacial score (nSPS) is 18.5. The molecule has 2 bridgehead atoms. The third kappa shape index (κ3) is 6.77. The summed E-state index contributed by atoms with van der Waals surface area (Å²) in [6.07, 6.45) is 3.23. The number of fused-ring (bicyclic) bond motifs is 2. The maximum absolute atomic E-state index is 13.2. The molecule has 1 aromatic heterocycles. The van der Waals surface area contributed by atoms with Crippen molar-refractivity contribution in [3.63, 3.8) is 0 Å². The topological polar surface area (TPSA) is 135 Å². The van der Waals surface area contributed by atoms with Crippen molar-refractivity contribution in [2.24, 2.45) is 11.8 Å². The molecule has 0 saturated carbocycles. The van der Waals surface area contributed by atoms with Gasteiger partial charge >= 0.3 is 0 Å². The van der Waals surface area contributed by atoms with Crippen LogP contribution in [0.4, 0.5) is 0 Å². The number of sulfonamides is 1. The summed E-state index contributed by atoms with van der Waals surface area (Å²) in [4.78, 5) is 47.3. The SMILES string of the molecule is CC(C)C(NS(=O)(=O)c1ccccc1)C(=O)CC1CCc2ccnc(n2)CCCNC(=O)C1=O. The van der Waals surface area contributed by atoms with Crippen LogP contribution in [-0.2, 0) is 37.2 Å². The summed E-state index contributed by atoms with van der Waals surface area (Å²) < 4.78 is 28.1. The fraction of sp³-hybridized carbons (Fsp3) is 0.458. The lowest BCUT2D eigenvalue weighted by atomic mass is 9.87. The van der Waals surface area contributed by atoms with E-state index in [0.29, 0.717) is 31.6 Å². The summed E-state index contributed by atoms with van der Waals surface area (Å²) in [5, 5.41) is 2.61. The average Bonchev–Trinajstić information content (AvgIpc) is 2.82. The maximum Gasteiger partial charge on any atom is 0.287 e. The van der Waals surface area contributed by atoms with Crippen LogP contribution >= 0.6 is 0 Å². The van der Waals surface area contributed by atoms with Gasteiger partial charge < -0.3 is 5.32 Å². The molecule has 1 amide bonds. The van der Waals surface area contributed by atoms with E-state index in [1.54, 1.807) is 44.3 Å². The molecule has 34 heavy (non-hydrogen) atoms. The molecular weight excluding hydrogens is 456 g/mol. The van der Waals surface area contributed by atoms with E-state index in [9.17, 15) is 22.8 Å². The fourth-order valence-electron chi connectivity index (χ4n) is 3.85. The molecule has 2 unspecified atom stereocenters. The van der Waals surface area contributed by atoms with Crippen LogP contribution in [0.1, 0.15) is 44.6 Å². The second-order valence-corrected chi connectivity index (χ2v) is 10.5. The van der Waals surface area contributed by atoms with Gasteiger partial charge in [0.25, 0.3) is 5.91 Å². The number of nitrogens with one attached hydrogen (secondary N) is 2. The summed E-state index contributed by atoms with van der Waals surface area (Å²) >= 11 is 0. The standard InChI is InChI=1S/C24H30N4O5S/c1-16(2)22(28-34(32,33)19-7-4-3-5-8-19)20(29)15-17-10-11-18-12-14-25-21(27-18)9-6-13-26-24(31)23(17)30/h3-5,7-8,12,14,16-17,22,28H,6,9-11,13,15H2,1-2H3,(H,26,31). The van der Waals surface area contributed by atoms with E-state index in [2.05, 4.69) is 20.0 Å². The van der Waals surface area contributed by atoms with Crippen molar-refractivity contribution >= 4 is 27.5 Å². The predicted octanol–water partition coefficient (Wildman–Crippen LogP) is 1.62. The van der Waals surface area contributed by atoms with Crippen molar-refractivity contribution in [3.05, 3.63) is 54.1 Å². The first-order valence-corrected chi connectivity index (χ1v) is 12.9. The smallest absolute Gasteiger partial charge is 0.287 e. The summed E-state index contributed by atoms with van der Waals surface area (Å²) in [6.45, 7) is 3.76. The van der Waals surface area contributed by atoms with E-state index in [-0.39, 0.29) is 23.7 Å². The molecule has 2 atom stereocenters. The van der Waals surface area contributed by atoms with Gasteiger partial charge in [-0.2, -0.15) is 0 Å². The van der Waals surface area contributed by atoms with Crippen LogP contribution in [0.15, 0.2) is 47.5 Å². The number of nitrogens with zero attached hydrogens (tertiary/aromatic N) is 2. The van der Waals surface area contributed by atoms with Crippen molar-refractivity contribution < 1.29 is 22.8 Å². The van der Waals surface area contributed by atoms with Gasteiger partial charge in [-0.1, -0.05) is 32.0 Å². The molecule has 0 aliphatic carbocycles. The Bertz CT molecular complexity index is 1140. The molecule has 1 aromatic carbocycles. The van der Waals surface area contributed by atoms with Crippen molar-refractivity contribution in [1.82, 2.24) is 20.0 Å². The lowest BCUT2D eigenvalue weighted by Crippen LogP contribution is -2.46. The van der Waals surface area contributed by atoms with E-state index in [0.717, 1.165) is 5.69 Å². The van der Waals surface area contributed by atoms with Crippen molar-refractivity contribution in [1.29, 1.82) is 0 Å². The lowest BCUT2D eigenvalue weighted by molar-refractivity contribution is -0.141. The molecule has 1 aliphatic rings. The first-order chi connectivity index (χ1) is 16.2. The maximum atomic E-state index is 13.2. The summed E-state index contributed by atoms with van der Waals surface area (Å²) in [6, 6.07) is 8.51. The minimum absolute atomic E-state index is 0.0504. The molecular formula is C24H30N4O5S. The minimum atomic E-state index is -3.93. The van der Waals surface area contributed by atoms with Gasteiger partial charge in [0.05, 0.1) is 10.9 Å². The number of rotatable bonds is 7. The number of aromatic nitrogens is 2. The van der Waals surface area contributed by atoms with Gasteiger partial charge in [0.1, 0.15) is 5.82 Å². The molecule has 2 aromatic rings. The Balaban J connectivity index is 1.79. The second kappa shape index (κ2) is 11.4. The number of benzene rings is 1. The molecule has 0 saturated heterocycles. The third-order valence-electron chi connectivity index (χ3n) is 5.77. The van der Waals surface area contributed by atoms with Gasteiger partial charge in [0.2, 0.25) is 15.8 Å². The third-order valence-corrected chi connectivity index (χ3v) is 7.22. The van der Waals surface area contributed by atoms with E-state index in [1.807, 2.05) is 0 Å². The Morgan fingerprint density at radius 3 is 2.59 bits per heavy atom. The molecule has 10 heteroatoms. The van der Waals surface area contributed by atoms with E-state index in [4.69, 9.17) is 0 Å². The number of hydrogen-bond acceptors (Lipinski definition) is 7. The number of hydrogen-bond donors (Lipinski definition) is 2. The first-order valence-electron chi connectivity index (χ1n) is 11.4. The molecule has 1 aliphatic heterocycles. The quantitative estimate of drug-likeness (QED) is 0.568. The van der Waals surface area contributed by atoms with E-state index in [1.165, 1.54) is 12.1 Å². The molecule has 2 N–H and O–H groups in total. The van der Waals surface area contributed by atoms with E-state index >= 15 is 0 Å². The van der Waals surface area contributed by atoms with Gasteiger partial charge in [-0.05, 0) is 43.4 Å². The Hall–Kier alpha value is -2.98. The fourth-order valence-corrected chi connectivity index (χ4v) is 5.24. The highest BCUT2D eigenvalue weighted by atomic mass is 32.2. The monoisotopic (exact) mass is 486 g/mol. The van der Waals surface area contributed by atoms with Crippen molar-refractivity contribution in [2.75, 3.05) is 6.54 Å². The van der Waals surface area contributed by atoms with Crippen molar-refractivity contribution in [3.8, 4) is 0 Å². The molecule has 9 nitrogen and oxygen atoms in total. The Kier molecular flexibility index (Phi) is 8.62. The number of carbonyl (C=O) groups is 3. The van der Waals surface area contributed by atoms with Crippen LogP contribution in [0.5, 0.6) is 0 Å². The zero-order valence-corrected chi connectivity index (χ0v) is 20.2. The number of aryl methyl sites for hydroxylation is 2. The van der Waals surface area contributed by atoms with Crippen LogP contribution in [-0.4, -0.2) is 48.4 Å². The van der Waals surface area contributed by atoms with Gasteiger partial charge in [-0.15, -0.1) is 0 Å². The second-order valence-electron chi connectivity index (χ2n) is 8.75. The number of Topliss-reactive ketones (excluding diaryl/α,β-unsaturated/α-hetero) is 2. The lowest BCUT2D eigenvalue weighted by Gasteiger charge is -2.23. The average molecular weight is 487 g/mol. The minimum Gasteiger partial charge on any atom is -0.349 e. The van der Waals surface area contributed by atoms with Gasteiger partial charge in [0, 0.05) is 37.2 Å². The summed E-state index contributed by atoms with van der Waals surface area (Å²) in [5.41, 5.74) is 0.737. The Morgan fingerprint density at radius 1 is 1.15 bits per heavy atom. The number of amides is 1. The summed E-state index contributed by atoms with van der Waals surface area (Å²) in [7, 11) is -3.93. The van der Waals surface area contributed by atoms with E-state index < -0.39 is 39.5 Å². The molecule has 182 valence electrons. The predicted molar refractivity (Wildman–Crippen MR) is 125 cm³/mol. The summed E-state index contributed by atoms with van der Waals surface area (Å²) in [5.74, 6) is -2.40. The first kappa shape index (κ1) is 25.6. The number of carbonyl (C=O) groups excluding carboxylic acids is 3. The van der Waals surface area contributed by atoms with Crippen LogP contribution in [0, 0.1) is 11.8 Å². The van der Waals surface area contributed by atoms with Gasteiger partial charge in [0.15, 0.2) is 5.78 Å². The molecule has 0 spiro atoms. The Morgan fingerprint density at radius 2 is 1.88 bits per heavy atom. The largest absolute Gasteiger partial charge is 0.349 e. The molecule has 2 heterocycles. The molecule has 0 fully saturated rings.